The molecule has 64 valence electrons. The van der Waals surface area contributed by atoms with Gasteiger partial charge in [-0.1, -0.05) is 13.8 Å². The molecule has 1 N–H and O–H groups in total. The molecule has 0 radical (unpaired) electrons. The standard InChI is InChI=1S/C10H14N2/c1-3-9-7(2)8-4-5-11-6-10(8)12-9/h4-7,9,12H,3H2,1-2H3. The second-order valence-corrected chi connectivity index (χ2v) is 3.41. The Hall–Kier alpha value is -1.05. The fourth-order valence-electron chi connectivity index (χ4n) is 1.92. The molecule has 0 spiro atoms. The summed E-state index contributed by atoms with van der Waals surface area (Å²) in [4.78, 5) is 4.10. The molecule has 2 heterocycles. The van der Waals surface area contributed by atoms with Gasteiger partial charge in [-0.15, -0.1) is 0 Å². The number of fused-ring (bicyclic) bond motifs is 1. The zero-order valence-electron chi connectivity index (χ0n) is 7.54. The Morgan fingerprint density at radius 1 is 1.58 bits per heavy atom. The van der Waals surface area contributed by atoms with Crippen LogP contribution in [-0.2, 0) is 0 Å². The van der Waals surface area contributed by atoms with Crippen LogP contribution < -0.4 is 5.32 Å². The highest BCUT2D eigenvalue weighted by molar-refractivity contribution is 5.57. The summed E-state index contributed by atoms with van der Waals surface area (Å²) in [7, 11) is 0. The predicted molar refractivity (Wildman–Crippen MR) is 50.4 cm³/mol. The van der Waals surface area contributed by atoms with Crippen molar-refractivity contribution in [3.05, 3.63) is 24.0 Å². The second kappa shape index (κ2) is 2.77. The number of anilines is 1. The van der Waals surface area contributed by atoms with E-state index in [0.717, 1.165) is 0 Å². The molecule has 0 saturated carbocycles. The average molecular weight is 162 g/mol. The number of nitrogens with one attached hydrogen (secondary N) is 1. The molecule has 2 heteroatoms. The maximum atomic E-state index is 4.10. The van der Waals surface area contributed by atoms with Crippen molar-refractivity contribution >= 4 is 5.69 Å². The lowest BCUT2D eigenvalue weighted by Crippen LogP contribution is -2.16. The molecule has 0 fully saturated rings. The molecule has 0 saturated heterocycles. The van der Waals surface area contributed by atoms with E-state index in [1.165, 1.54) is 17.7 Å². The van der Waals surface area contributed by atoms with Crippen molar-refractivity contribution in [3.63, 3.8) is 0 Å². The minimum absolute atomic E-state index is 0.601. The molecule has 1 aliphatic heterocycles. The quantitative estimate of drug-likeness (QED) is 0.685. The summed E-state index contributed by atoms with van der Waals surface area (Å²) >= 11 is 0. The average Bonchev–Trinajstić information content (AvgIpc) is 2.44. The number of rotatable bonds is 1. The van der Waals surface area contributed by atoms with E-state index in [0.29, 0.717) is 12.0 Å². The minimum atomic E-state index is 0.601. The molecular formula is C10H14N2. The van der Waals surface area contributed by atoms with Crippen molar-refractivity contribution in [1.29, 1.82) is 0 Å². The third-order valence-electron chi connectivity index (χ3n) is 2.73. The fourth-order valence-corrected chi connectivity index (χ4v) is 1.92. The maximum absolute atomic E-state index is 4.10. The fraction of sp³-hybridized carbons (Fsp3) is 0.500. The van der Waals surface area contributed by atoms with Gasteiger partial charge in [0, 0.05) is 18.2 Å². The van der Waals surface area contributed by atoms with Crippen molar-refractivity contribution in [1.82, 2.24) is 4.98 Å². The molecule has 2 atom stereocenters. The van der Waals surface area contributed by atoms with E-state index in [1.807, 2.05) is 12.4 Å². The Labute approximate surface area is 73.0 Å². The summed E-state index contributed by atoms with van der Waals surface area (Å²) < 4.78 is 0. The first-order valence-corrected chi connectivity index (χ1v) is 4.53. The minimum Gasteiger partial charge on any atom is -0.380 e. The van der Waals surface area contributed by atoms with Crippen LogP contribution in [0.15, 0.2) is 18.5 Å². The Bertz CT molecular complexity index is 283. The van der Waals surface area contributed by atoms with E-state index in [4.69, 9.17) is 0 Å². The van der Waals surface area contributed by atoms with Crippen LogP contribution in [0, 0.1) is 0 Å². The van der Waals surface area contributed by atoms with Crippen molar-refractivity contribution in [2.75, 3.05) is 5.32 Å². The SMILES string of the molecule is CCC1Nc2cnccc2C1C. The lowest BCUT2D eigenvalue weighted by atomic mass is 9.97. The molecule has 1 aromatic rings. The zero-order valence-corrected chi connectivity index (χ0v) is 7.54. The Morgan fingerprint density at radius 2 is 2.42 bits per heavy atom. The zero-order chi connectivity index (χ0) is 8.55. The van der Waals surface area contributed by atoms with Crippen molar-refractivity contribution in [2.45, 2.75) is 32.2 Å². The van der Waals surface area contributed by atoms with Gasteiger partial charge in [0.15, 0.2) is 0 Å². The lowest BCUT2D eigenvalue weighted by molar-refractivity contribution is 0.618. The maximum Gasteiger partial charge on any atom is 0.0565 e. The van der Waals surface area contributed by atoms with Crippen LogP contribution in [0.5, 0.6) is 0 Å². The van der Waals surface area contributed by atoms with Gasteiger partial charge in [0.05, 0.1) is 11.9 Å². The van der Waals surface area contributed by atoms with E-state index < -0.39 is 0 Å². The molecule has 1 aliphatic rings. The molecule has 2 nitrogen and oxygen atoms in total. The van der Waals surface area contributed by atoms with E-state index in [1.54, 1.807) is 0 Å². The summed E-state index contributed by atoms with van der Waals surface area (Å²) in [5.74, 6) is 0.632. The smallest absolute Gasteiger partial charge is 0.0565 e. The summed E-state index contributed by atoms with van der Waals surface area (Å²) in [6.07, 6.45) is 4.96. The largest absolute Gasteiger partial charge is 0.380 e. The van der Waals surface area contributed by atoms with Crippen molar-refractivity contribution < 1.29 is 0 Å². The van der Waals surface area contributed by atoms with Gasteiger partial charge in [-0.2, -0.15) is 0 Å². The highest BCUT2D eigenvalue weighted by Crippen LogP contribution is 2.35. The number of pyridine rings is 1. The van der Waals surface area contributed by atoms with Crippen molar-refractivity contribution in [3.8, 4) is 0 Å². The van der Waals surface area contributed by atoms with Gasteiger partial charge in [-0.25, -0.2) is 0 Å². The molecule has 0 amide bonds. The van der Waals surface area contributed by atoms with Crippen LogP contribution in [0.25, 0.3) is 0 Å². The summed E-state index contributed by atoms with van der Waals surface area (Å²) in [6.45, 7) is 4.49. The number of hydrogen-bond donors (Lipinski definition) is 1. The lowest BCUT2D eigenvalue weighted by Gasteiger charge is -2.12. The summed E-state index contributed by atoms with van der Waals surface area (Å²) in [5, 5.41) is 3.47. The molecule has 0 aliphatic carbocycles. The number of hydrogen-bond acceptors (Lipinski definition) is 2. The van der Waals surface area contributed by atoms with Crippen molar-refractivity contribution in [2.24, 2.45) is 0 Å². The highest BCUT2D eigenvalue weighted by Gasteiger charge is 2.26. The van der Waals surface area contributed by atoms with Crippen LogP contribution >= 0.6 is 0 Å². The number of nitrogens with zero attached hydrogens (tertiary/aromatic N) is 1. The summed E-state index contributed by atoms with van der Waals surface area (Å²) in [6, 6.07) is 2.71. The molecular weight excluding hydrogens is 148 g/mol. The monoisotopic (exact) mass is 162 g/mol. The molecule has 2 rings (SSSR count). The van der Waals surface area contributed by atoms with Crippen LogP contribution in [0.2, 0.25) is 0 Å². The van der Waals surface area contributed by atoms with E-state index >= 15 is 0 Å². The van der Waals surface area contributed by atoms with Gasteiger partial charge in [0.2, 0.25) is 0 Å². The van der Waals surface area contributed by atoms with Gasteiger partial charge in [0.25, 0.3) is 0 Å². The third kappa shape index (κ3) is 0.986. The molecule has 0 aromatic carbocycles. The summed E-state index contributed by atoms with van der Waals surface area (Å²) in [5.41, 5.74) is 2.63. The van der Waals surface area contributed by atoms with E-state index in [2.05, 4.69) is 30.2 Å². The van der Waals surface area contributed by atoms with Gasteiger partial charge >= 0.3 is 0 Å². The Balaban J connectivity index is 2.35. The number of aromatic nitrogens is 1. The first-order valence-electron chi connectivity index (χ1n) is 4.53. The molecule has 1 aromatic heterocycles. The van der Waals surface area contributed by atoms with Crippen LogP contribution in [0.1, 0.15) is 31.7 Å². The normalized spacial score (nSPS) is 26.5. The molecule has 2 unspecified atom stereocenters. The first kappa shape index (κ1) is 7.59. The van der Waals surface area contributed by atoms with Crippen LogP contribution in [0.4, 0.5) is 5.69 Å². The van der Waals surface area contributed by atoms with Gasteiger partial charge in [-0.3, -0.25) is 4.98 Å². The van der Waals surface area contributed by atoms with E-state index in [9.17, 15) is 0 Å². The highest BCUT2D eigenvalue weighted by atomic mass is 15.0. The first-order chi connectivity index (χ1) is 5.83. The van der Waals surface area contributed by atoms with Crippen LogP contribution in [-0.4, -0.2) is 11.0 Å². The van der Waals surface area contributed by atoms with E-state index in [-0.39, 0.29) is 0 Å². The Kier molecular flexibility index (Phi) is 1.75. The third-order valence-corrected chi connectivity index (χ3v) is 2.73. The van der Waals surface area contributed by atoms with Gasteiger partial charge in [-0.05, 0) is 18.1 Å². The van der Waals surface area contributed by atoms with Gasteiger partial charge in [0.1, 0.15) is 0 Å². The predicted octanol–water partition coefficient (Wildman–Crippen LogP) is 2.39. The molecule has 12 heavy (non-hydrogen) atoms. The molecule has 0 bridgehead atoms. The van der Waals surface area contributed by atoms with Gasteiger partial charge < -0.3 is 5.32 Å². The van der Waals surface area contributed by atoms with Crippen LogP contribution in [0.3, 0.4) is 0 Å². The Morgan fingerprint density at radius 3 is 3.08 bits per heavy atom. The second-order valence-electron chi connectivity index (χ2n) is 3.41. The topological polar surface area (TPSA) is 24.9 Å².